The predicted octanol–water partition coefficient (Wildman–Crippen LogP) is 3.99. The Morgan fingerprint density at radius 2 is 1.46 bits per heavy atom. The maximum Gasteiger partial charge on any atom is 0.261 e. The summed E-state index contributed by atoms with van der Waals surface area (Å²) in [7, 11) is -2.52. The quantitative estimate of drug-likeness (QED) is 0.564. The van der Waals surface area contributed by atoms with Crippen molar-refractivity contribution in [3.05, 3.63) is 73.3 Å². The minimum Gasteiger partial charge on any atom is -0.407 e. The normalized spacial score (nSPS) is 14.7. The SMILES string of the molecule is C=CC(CO[Si](c1ccccc1)(c1ccccc1)C(C)(C)C)C(C)CO. The first-order chi connectivity index (χ1) is 12.4. The Balaban J connectivity index is 2.55. The maximum atomic E-state index is 9.57. The molecule has 2 rings (SSSR count). The van der Waals surface area contributed by atoms with Gasteiger partial charge in [0.1, 0.15) is 0 Å². The van der Waals surface area contributed by atoms with Gasteiger partial charge in [0.25, 0.3) is 8.32 Å². The fourth-order valence-corrected chi connectivity index (χ4v) is 8.18. The van der Waals surface area contributed by atoms with Gasteiger partial charge in [-0.25, -0.2) is 0 Å². The molecule has 0 amide bonds. The van der Waals surface area contributed by atoms with E-state index in [1.807, 2.05) is 13.0 Å². The molecule has 140 valence electrons. The third-order valence-electron chi connectivity index (χ3n) is 5.23. The monoisotopic (exact) mass is 368 g/mol. The smallest absolute Gasteiger partial charge is 0.261 e. The molecule has 2 aromatic rings. The molecular weight excluding hydrogens is 336 g/mol. The molecule has 0 fully saturated rings. The number of hydrogen-bond acceptors (Lipinski definition) is 2. The van der Waals surface area contributed by atoms with Crippen LogP contribution >= 0.6 is 0 Å². The molecule has 0 saturated carbocycles. The van der Waals surface area contributed by atoms with Crippen molar-refractivity contribution in [2.75, 3.05) is 13.2 Å². The van der Waals surface area contributed by atoms with Crippen LogP contribution in [0.2, 0.25) is 5.04 Å². The summed E-state index contributed by atoms with van der Waals surface area (Å²) in [6.07, 6.45) is 1.92. The third kappa shape index (κ3) is 4.17. The Hall–Kier alpha value is -1.68. The molecule has 0 aliphatic heterocycles. The number of rotatable bonds is 8. The summed E-state index contributed by atoms with van der Waals surface area (Å²) in [5, 5.41) is 12.1. The molecule has 3 heteroatoms. The van der Waals surface area contributed by atoms with Gasteiger partial charge in [0.05, 0.1) is 0 Å². The van der Waals surface area contributed by atoms with Crippen LogP contribution in [-0.2, 0) is 4.43 Å². The second-order valence-corrected chi connectivity index (χ2v) is 12.3. The van der Waals surface area contributed by atoms with Gasteiger partial charge in [0.2, 0.25) is 0 Å². The lowest BCUT2D eigenvalue weighted by Crippen LogP contribution is -2.67. The lowest BCUT2D eigenvalue weighted by Gasteiger charge is -2.44. The van der Waals surface area contributed by atoms with Crippen LogP contribution in [0.4, 0.5) is 0 Å². The Labute approximate surface area is 159 Å². The van der Waals surface area contributed by atoms with Crippen molar-refractivity contribution in [1.82, 2.24) is 0 Å². The molecule has 26 heavy (non-hydrogen) atoms. The maximum absolute atomic E-state index is 9.57. The van der Waals surface area contributed by atoms with E-state index in [0.29, 0.717) is 6.61 Å². The second-order valence-electron chi connectivity index (χ2n) is 8.03. The summed E-state index contributed by atoms with van der Waals surface area (Å²) < 4.78 is 6.90. The highest BCUT2D eigenvalue weighted by atomic mass is 28.4. The van der Waals surface area contributed by atoms with Gasteiger partial charge < -0.3 is 9.53 Å². The molecule has 0 aromatic heterocycles. The largest absolute Gasteiger partial charge is 0.407 e. The lowest BCUT2D eigenvalue weighted by molar-refractivity contribution is 0.161. The number of aliphatic hydroxyl groups is 1. The van der Waals surface area contributed by atoms with Crippen molar-refractivity contribution < 1.29 is 9.53 Å². The summed E-state index contributed by atoms with van der Waals surface area (Å²) in [4.78, 5) is 0. The van der Waals surface area contributed by atoms with Gasteiger partial charge in [-0.3, -0.25) is 0 Å². The van der Waals surface area contributed by atoms with E-state index in [9.17, 15) is 5.11 Å². The summed E-state index contributed by atoms with van der Waals surface area (Å²) in [5.41, 5.74) is 0. The highest BCUT2D eigenvalue weighted by Gasteiger charge is 2.50. The van der Waals surface area contributed by atoms with E-state index in [4.69, 9.17) is 4.43 Å². The second kappa shape index (κ2) is 8.80. The van der Waals surface area contributed by atoms with E-state index in [2.05, 4.69) is 88.0 Å². The van der Waals surface area contributed by atoms with Crippen LogP contribution in [0.15, 0.2) is 73.3 Å². The highest BCUT2D eigenvalue weighted by Crippen LogP contribution is 2.37. The molecule has 0 aliphatic carbocycles. The number of aliphatic hydroxyl groups excluding tert-OH is 1. The third-order valence-corrected chi connectivity index (χ3v) is 10.2. The highest BCUT2D eigenvalue weighted by molar-refractivity contribution is 6.99. The van der Waals surface area contributed by atoms with Gasteiger partial charge in [-0.05, 0) is 21.3 Å². The van der Waals surface area contributed by atoms with E-state index in [0.717, 1.165) is 0 Å². The summed E-state index contributed by atoms with van der Waals surface area (Å²) >= 11 is 0. The van der Waals surface area contributed by atoms with Crippen molar-refractivity contribution in [3.8, 4) is 0 Å². The van der Waals surface area contributed by atoms with Gasteiger partial charge in [-0.1, -0.05) is 94.4 Å². The number of benzene rings is 2. The van der Waals surface area contributed by atoms with Gasteiger partial charge in [-0.2, -0.15) is 0 Å². The molecular formula is C23H32O2Si. The molecule has 0 spiro atoms. The zero-order valence-electron chi connectivity index (χ0n) is 16.5. The van der Waals surface area contributed by atoms with Crippen LogP contribution < -0.4 is 10.4 Å². The summed E-state index contributed by atoms with van der Waals surface area (Å²) in [6.45, 7) is 13.5. The molecule has 2 unspecified atom stereocenters. The first-order valence-corrected chi connectivity index (χ1v) is 11.3. The minimum atomic E-state index is -2.52. The Kier molecular flexibility index (Phi) is 6.99. The molecule has 2 atom stereocenters. The van der Waals surface area contributed by atoms with Crippen LogP contribution in [0.5, 0.6) is 0 Å². The van der Waals surface area contributed by atoms with Crippen molar-refractivity contribution in [2.45, 2.75) is 32.7 Å². The number of hydrogen-bond donors (Lipinski definition) is 1. The molecule has 0 bridgehead atoms. The van der Waals surface area contributed by atoms with Gasteiger partial charge in [0, 0.05) is 19.1 Å². The molecule has 0 aliphatic rings. The van der Waals surface area contributed by atoms with Crippen molar-refractivity contribution in [1.29, 1.82) is 0 Å². The van der Waals surface area contributed by atoms with Gasteiger partial charge in [-0.15, -0.1) is 6.58 Å². The Bertz CT molecular complexity index is 637. The first kappa shape index (κ1) is 20.6. The van der Waals surface area contributed by atoms with Crippen LogP contribution in [0.25, 0.3) is 0 Å². The fourth-order valence-electron chi connectivity index (χ4n) is 3.58. The van der Waals surface area contributed by atoms with E-state index in [-0.39, 0.29) is 23.5 Å². The zero-order chi connectivity index (χ0) is 19.2. The average molecular weight is 369 g/mol. The molecule has 2 aromatic carbocycles. The van der Waals surface area contributed by atoms with Crippen LogP contribution in [0.1, 0.15) is 27.7 Å². The van der Waals surface area contributed by atoms with E-state index < -0.39 is 8.32 Å². The van der Waals surface area contributed by atoms with E-state index >= 15 is 0 Å². The molecule has 0 radical (unpaired) electrons. The average Bonchev–Trinajstić information content (AvgIpc) is 2.65. The van der Waals surface area contributed by atoms with E-state index in [1.54, 1.807) is 0 Å². The van der Waals surface area contributed by atoms with Crippen molar-refractivity contribution in [3.63, 3.8) is 0 Å². The van der Waals surface area contributed by atoms with Crippen LogP contribution in [0.3, 0.4) is 0 Å². The van der Waals surface area contributed by atoms with Crippen LogP contribution in [-0.4, -0.2) is 26.6 Å². The minimum absolute atomic E-state index is 0.0378. The predicted molar refractivity (Wildman–Crippen MR) is 114 cm³/mol. The Morgan fingerprint density at radius 1 is 1.00 bits per heavy atom. The van der Waals surface area contributed by atoms with Gasteiger partial charge in [0.15, 0.2) is 0 Å². The van der Waals surface area contributed by atoms with Crippen LogP contribution in [0, 0.1) is 11.8 Å². The fraction of sp³-hybridized carbons (Fsp3) is 0.391. The topological polar surface area (TPSA) is 29.5 Å². The summed E-state index contributed by atoms with van der Waals surface area (Å²) in [5.74, 6) is 0.257. The summed E-state index contributed by atoms with van der Waals surface area (Å²) in [6, 6.07) is 21.3. The molecule has 0 saturated heterocycles. The molecule has 2 nitrogen and oxygen atoms in total. The van der Waals surface area contributed by atoms with Crippen molar-refractivity contribution >= 4 is 18.7 Å². The standard InChI is InChI=1S/C23H32O2Si/c1-6-20(19(2)17-24)18-25-26(23(3,4)5,21-13-9-7-10-14-21)22-15-11-8-12-16-22/h6-16,19-20,24H,1,17-18H2,2-5H3. The zero-order valence-corrected chi connectivity index (χ0v) is 17.5. The Morgan fingerprint density at radius 3 is 1.81 bits per heavy atom. The van der Waals surface area contributed by atoms with Gasteiger partial charge >= 0.3 is 0 Å². The molecule has 1 N–H and O–H groups in total. The van der Waals surface area contributed by atoms with Crippen molar-refractivity contribution in [2.24, 2.45) is 11.8 Å². The lowest BCUT2D eigenvalue weighted by atomic mass is 9.96. The first-order valence-electron chi connectivity index (χ1n) is 9.35. The van der Waals surface area contributed by atoms with E-state index in [1.165, 1.54) is 10.4 Å². The molecule has 0 heterocycles.